The van der Waals surface area contributed by atoms with Crippen molar-refractivity contribution in [1.29, 1.82) is 0 Å². The van der Waals surface area contributed by atoms with Gasteiger partial charge in [0.15, 0.2) is 11.7 Å². The molecule has 0 atom stereocenters. The predicted octanol–water partition coefficient (Wildman–Crippen LogP) is 5.71. The van der Waals surface area contributed by atoms with Crippen LogP contribution in [0.15, 0.2) is 83.3 Å². The van der Waals surface area contributed by atoms with Crippen molar-refractivity contribution in [1.82, 2.24) is 10.3 Å². The molecule has 31 heavy (non-hydrogen) atoms. The van der Waals surface area contributed by atoms with Gasteiger partial charge in [-0.1, -0.05) is 72.8 Å². The van der Waals surface area contributed by atoms with Gasteiger partial charge in [0.1, 0.15) is 11.5 Å². The Morgan fingerprint density at radius 3 is 2.32 bits per heavy atom. The molecule has 3 aromatic carbocycles. The quantitative estimate of drug-likeness (QED) is 0.422. The SMILES string of the molecule is Cc1cc(CNC(=O)CCc2nc(-c3ccccc3)c(-c3ccccc3)o2)ccc1F. The van der Waals surface area contributed by atoms with Crippen LogP contribution in [0.3, 0.4) is 0 Å². The van der Waals surface area contributed by atoms with Gasteiger partial charge >= 0.3 is 0 Å². The summed E-state index contributed by atoms with van der Waals surface area (Å²) in [6.45, 7) is 2.06. The van der Waals surface area contributed by atoms with Crippen LogP contribution in [0.4, 0.5) is 4.39 Å². The molecule has 0 fully saturated rings. The summed E-state index contributed by atoms with van der Waals surface area (Å²) in [4.78, 5) is 17.0. The number of aryl methyl sites for hydroxylation is 2. The van der Waals surface area contributed by atoms with Crippen molar-refractivity contribution in [2.75, 3.05) is 0 Å². The van der Waals surface area contributed by atoms with Crippen molar-refractivity contribution in [2.45, 2.75) is 26.3 Å². The molecule has 0 aliphatic heterocycles. The number of aromatic nitrogens is 1. The molecule has 0 saturated carbocycles. The number of rotatable bonds is 7. The number of hydrogen-bond donors (Lipinski definition) is 1. The van der Waals surface area contributed by atoms with Gasteiger partial charge in [0, 0.05) is 30.5 Å². The zero-order chi connectivity index (χ0) is 21.6. The Bertz CT molecular complexity index is 1110. The van der Waals surface area contributed by atoms with Crippen LogP contribution in [0.2, 0.25) is 0 Å². The lowest BCUT2D eigenvalue weighted by molar-refractivity contribution is -0.121. The molecule has 1 amide bonds. The lowest BCUT2D eigenvalue weighted by atomic mass is 10.1. The van der Waals surface area contributed by atoms with Gasteiger partial charge in [-0.2, -0.15) is 0 Å². The van der Waals surface area contributed by atoms with E-state index in [4.69, 9.17) is 4.42 Å². The highest BCUT2D eigenvalue weighted by Gasteiger charge is 2.17. The van der Waals surface area contributed by atoms with Crippen LogP contribution in [0, 0.1) is 12.7 Å². The number of benzene rings is 3. The molecule has 4 rings (SSSR count). The average Bonchev–Trinajstić information content (AvgIpc) is 3.24. The van der Waals surface area contributed by atoms with E-state index in [1.54, 1.807) is 19.1 Å². The zero-order valence-corrected chi connectivity index (χ0v) is 17.3. The molecule has 0 aliphatic carbocycles. The minimum absolute atomic E-state index is 0.109. The molecule has 156 valence electrons. The Hall–Kier alpha value is -3.73. The molecule has 0 radical (unpaired) electrons. The standard InChI is InChI=1S/C26H23FN2O2/c1-18-16-19(12-13-22(18)27)17-28-23(30)14-15-24-29-25(20-8-4-2-5-9-20)26(31-24)21-10-6-3-7-11-21/h2-13,16H,14-15,17H2,1H3,(H,28,30). The Kier molecular flexibility index (Phi) is 6.22. The van der Waals surface area contributed by atoms with Crippen molar-refractivity contribution in [3.05, 3.63) is 102 Å². The maximum Gasteiger partial charge on any atom is 0.220 e. The fourth-order valence-electron chi connectivity index (χ4n) is 3.37. The largest absolute Gasteiger partial charge is 0.440 e. The number of amides is 1. The van der Waals surface area contributed by atoms with E-state index in [9.17, 15) is 9.18 Å². The summed E-state index contributed by atoms with van der Waals surface area (Å²) >= 11 is 0. The molecule has 0 aliphatic rings. The maximum absolute atomic E-state index is 13.4. The number of nitrogens with zero attached hydrogens (tertiary/aromatic N) is 1. The highest BCUT2D eigenvalue weighted by Crippen LogP contribution is 2.32. The van der Waals surface area contributed by atoms with Crippen LogP contribution in [0.25, 0.3) is 22.6 Å². The van der Waals surface area contributed by atoms with Gasteiger partial charge < -0.3 is 9.73 Å². The minimum Gasteiger partial charge on any atom is -0.440 e. The first-order valence-corrected chi connectivity index (χ1v) is 10.2. The van der Waals surface area contributed by atoms with Crippen molar-refractivity contribution >= 4 is 5.91 Å². The topological polar surface area (TPSA) is 55.1 Å². The second-order valence-corrected chi connectivity index (χ2v) is 7.38. The third-order valence-corrected chi connectivity index (χ3v) is 5.03. The highest BCUT2D eigenvalue weighted by atomic mass is 19.1. The van der Waals surface area contributed by atoms with E-state index in [-0.39, 0.29) is 18.1 Å². The first-order chi connectivity index (χ1) is 15.1. The number of oxazole rings is 1. The summed E-state index contributed by atoms with van der Waals surface area (Å²) in [6.07, 6.45) is 0.643. The number of nitrogens with one attached hydrogen (secondary N) is 1. The fourth-order valence-corrected chi connectivity index (χ4v) is 3.37. The second-order valence-electron chi connectivity index (χ2n) is 7.38. The normalized spacial score (nSPS) is 10.8. The smallest absolute Gasteiger partial charge is 0.220 e. The van der Waals surface area contributed by atoms with Gasteiger partial charge in [-0.25, -0.2) is 9.37 Å². The molecule has 5 heteroatoms. The van der Waals surface area contributed by atoms with Crippen LogP contribution < -0.4 is 5.32 Å². The Morgan fingerprint density at radius 1 is 0.968 bits per heavy atom. The van der Waals surface area contributed by atoms with Gasteiger partial charge in [0.25, 0.3) is 0 Å². The van der Waals surface area contributed by atoms with Crippen LogP contribution in [0.5, 0.6) is 0 Å². The predicted molar refractivity (Wildman–Crippen MR) is 119 cm³/mol. The van der Waals surface area contributed by atoms with E-state index in [0.29, 0.717) is 30.2 Å². The number of hydrogen-bond acceptors (Lipinski definition) is 3. The summed E-state index contributed by atoms with van der Waals surface area (Å²) in [6, 6.07) is 24.5. The fraction of sp³-hybridized carbons (Fsp3) is 0.154. The van der Waals surface area contributed by atoms with Gasteiger partial charge in [-0.05, 0) is 24.1 Å². The summed E-state index contributed by atoms with van der Waals surface area (Å²) in [5.74, 6) is 0.861. The maximum atomic E-state index is 13.4. The molecule has 0 saturated heterocycles. The summed E-state index contributed by atoms with van der Waals surface area (Å²) in [5.41, 5.74) is 4.10. The third kappa shape index (κ3) is 5.07. The molecule has 0 spiro atoms. The second kappa shape index (κ2) is 9.39. The van der Waals surface area contributed by atoms with Crippen LogP contribution >= 0.6 is 0 Å². The van der Waals surface area contributed by atoms with E-state index in [0.717, 1.165) is 22.4 Å². The molecule has 1 heterocycles. The van der Waals surface area contributed by atoms with Crippen molar-refractivity contribution in [3.8, 4) is 22.6 Å². The van der Waals surface area contributed by atoms with Crippen LogP contribution in [0.1, 0.15) is 23.4 Å². The highest BCUT2D eigenvalue weighted by molar-refractivity contribution is 5.77. The molecule has 1 aromatic heterocycles. The van der Waals surface area contributed by atoms with Crippen molar-refractivity contribution in [3.63, 3.8) is 0 Å². The van der Waals surface area contributed by atoms with E-state index >= 15 is 0 Å². The van der Waals surface area contributed by atoms with Crippen molar-refractivity contribution in [2.24, 2.45) is 0 Å². The molecular weight excluding hydrogens is 391 g/mol. The molecular formula is C26H23FN2O2. The summed E-state index contributed by atoms with van der Waals surface area (Å²) < 4.78 is 19.4. The number of carbonyl (C=O) groups excluding carboxylic acids is 1. The van der Waals surface area contributed by atoms with E-state index < -0.39 is 0 Å². The van der Waals surface area contributed by atoms with E-state index in [2.05, 4.69) is 10.3 Å². The lowest BCUT2D eigenvalue weighted by Gasteiger charge is -2.06. The zero-order valence-electron chi connectivity index (χ0n) is 17.3. The minimum atomic E-state index is -0.248. The molecule has 4 aromatic rings. The first-order valence-electron chi connectivity index (χ1n) is 10.2. The van der Waals surface area contributed by atoms with Gasteiger partial charge in [-0.15, -0.1) is 0 Å². The molecule has 0 unspecified atom stereocenters. The first kappa shape index (κ1) is 20.5. The van der Waals surface area contributed by atoms with E-state index in [1.807, 2.05) is 60.7 Å². The summed E-state index contributed by atoms with van der Waals surface area (Å²) in [5, 5.41) is 2.87. The lowest BCUT2D eigenvalue weighted by Crippen LogP contribution is -2.23. The Morgan fingerprint density at radius 2 is 1.65 bits per heavy atom. The average molecular weight is 414 g/mol. The van der Waals surface area contributed by atoms with Crippen LogP contribution in [-0.2, 0) is 17.8 Å². The third-order valence-electron chi connectivity index (χ3n) is 5.03. The van der Waals surface area contributed by atoms with E-state index in [1.165, 1.54) is 6.07 Å². The van der Waals surface area contributed by atoms with Gasteiger partial charge in [0.05, 0.1) is 0 Å². The Labute approximate surface area is 180 Å². The van der Waals surface area contributed by atoms with Gasteiger partial charge in [-0.3, -0.25) is 4.79 Å². The number of carbonyl (C=O) groups is 1. The number of halogens is 1. The molecule has 1 N–H and O–H groups in total. The molecule has 4 nitrogen and oxygen atoms in total. The van der Waals surface area contributed by atoms with Crippen molar-refractivity contribution < 1.29 is 13.6 Å². The Balaban J connectivity index is 1.45. The monoisotopic (exact) mass is 414 g/mol. The van der Waals surface area contributed by atoms with Gasteiger partial charge in [0.2, 0.25) is 5.91 Å². The summed E-state index contributed by atoms with van der Waals surface area (Å²) in [7, 11) is 0. The van der Waals surface area contributed by atoms with Crippen LogP contribution in [-0.4, -0.2) is 10.9 Å². The molecule has 0 bridgehead atoms.